The Morgan fingerprint density at radius 3 is 2.60 bits per heavy atom. The van der Waals surface area contributed by atoms with E-state index < -0.39 is 0 Å². The van der Waals surface area contributed by atoms with Crippen molar-refractivity contribution in [1.82, 2.24) is 0 Å². The summed E-state index contributed by atoms with van der Waals surface area (Å²) in [5, 5.41) is 0. The van der Waals surface area contributed by atoms with Gasteiger partial charge in [0.25, 0.3) is 0 Å². The third-order valence-corrected chi connectivity index (χ3v) is 2.78. The van der Waals surface area contributed by atoms with E-state index in [-0.39, 0.29) is 17.8 Å². The van der Waals surface area contributed by atoms with E-state index in [1.165, 1.54) is 6.20 Å². The minimum Gasteiger partial charge on any atom is -0.568 e. The van der Waals surface area contributed by atoms with Crippen molar-refractivity contribution in [3.05, 3.63) is 53.7 Å². The van der Waals surface area contributed by atoms with Gasteiger partial charge in [-0.25, -0.2) is 0 Å². The van der Waals surface area contributed by atoms with Crippen LogP contribution in [-0.4, -0.2) is 12.6 Å². The Bertz CT molecular complexity index is 415. The second-order valence-electron chi connectivity index (χ2n) is 4.73. The summed E-state index contributed by atoms with van der Waals surface area (Å²) in [5.41, 5.74) is 4.89. The van der Waals surface area contributed by atoms with E-state index >= 15 is 0 Å². The van der Waals surface area contributed by atoms with E-state index in [9.17, 15) is 4.79 Å². The molecule has 1 atom stereocenters. The molecule has 0 saturated heterocycles. The average Bonchev–Trinajstić information content (AvgIpc) is 2.43. The first-order valence-electron chi connectivity index (χ1n) is 6.84. The summed E-state index contributed by atoms with van der Waals surface area (Å²) < 4.78 is 5.02. The Balaban J connectivity index is 2.36. The molecule has 4 heteroatoms. The van der Waals surface area contributed by atoms with Gasteiger partial charge < -0.3 is 15.1 Å². The maximum Gasteiger partial charge on any atom is 0.312 e. The van der Waals surface area contributed by atoms with Crippen LogP contribution in [0.1, 0.15) is 26.3 Å². The van der Waals surface area contributed by atoms with Gasteiger partial charge in [-0.2, -0.15) is 6.20 Å². The molecule has 0 aromatic heterocycles. The van der Waals surface area contributed by atoms with Crippen LogP contribution in [0.5, 0.6) is 0 Å². The molecular formula is C16H22NO3-. The molecular weight excluding hydrogens is 254 g/mol. The number of benzene rings is 1. The molecule has 20 heavy (non-hydrogen) atoms. The topological polar surface area (TPSA) is 49.6 Å². The van der Waals surface area contributed by atoms with Gasteiger partial charge in [-0.1, -0.05) is 50.3 Å². The summed E-state index contributed by atoms with van der Waals surface area (Å²) >= 11 is 0. The molecule has 0 aliphatic heterocycles. The number of carbonyl (C=O) groups is 1. The molecule has 110 valence electrons. The SMILES string of the molecule is CCOC(=O)C(/C=C/[N-]OCc1ccccc1)C(C)C. The number of nitrogens with zero attached hydrogens (tertiary/aromatic N) is 1. The second-order valence-corrected chi connectivity index (χ2v) is 4.73. The van der Waals surface area contributed by atoms with Gasteiger partial charge in [-0.15, -0.1) is 0 Å². The van der Waals surface area contributed by atoms with E-state index in [0.717, 1.165) is 5.56 Å². The highest BCUT2D eigenvalue weighted by Crippen LogP contribution is 2.15. The van der Waals surface area contributed by atoms with Crippen molar-refractivity contribution in [2.75, 3.05) is 6.61 Å². The highest BCUT2D eigenvalue weighted by Gasteiger charge is 2.19. The number of carbonyl (C=O) groups excluding carboxylic acids is 1. The number of rotatable bonds is 8. The van der Waals surface area contributed by atoms with Crippen LogP contribution in [0.25, 0.3) is 5.48 Å². The Hall–Kier alpha value is -1.81. The molecule has 0 radical (unpaired) electrons. The quantitative estimate of drug-likeness (QED) is 0.412. The van der Waals surface area contributed by atoms with Crippen molar-refractivity contribution in [2.24, 2.45) is 11.8 Å². The summed E-state index contributed by atoms with van der Waals surface area (Å²) in [6.07, 6.45) is 3.23. The number of ether oxygens (including phenoxy) is 1. The normalized spacial score (nSPS) is 12.6. The van der Waals surface area contributed by atoms with Crippen molar-refractivity contribution in [3.63, 3.8) is 0 Å². The zero-order valence-electron chi connectivity index (χ0n) is 12.3. The molecule has 0 saturated carbocycles. The van der Waals surface area contributed by atoms with Crippen LogP contribution in [0.4, 0.5) is 0 Å². The third kappa shape index (κ3) is 5.89. The van der Waals surface area contributed by atoms with Crippen LogP contribution < -0.4 is 0 Å². The number of hydrogen-bond acceptors (Lipinski definition) is 3. The molecule has 0 aliphatic rings. The Kier molecular flexibility index (Phi) is 7.43. The van der Waals surface area contributed by atoms with Crippen LogP contribution in [0, 0.1) is 11.8 Å². The standard InChI is InChI=1S/C16H22NO3/c1-4-19-16(18)15(13(2)3)10-11-17-20-12-14-8-6-5-7-9-14/h5-11,13,15H,4,12H2,1-3H3/q-1/b11-10+. The highest BCUT2D eigenvalue weighted by atomic mass is 16.6. The predicted octanol–water partition coefficient (Wildman–Crippen LogP) is 3.84. The van der Waals surface area contributed by atoms with Gasteiger partial charge in [0.15, 0.2) is 0 Å². The van der Waals surface area contributed by atoms with Crippen LogP contribution in [0.2, 0.25) is 0 Å². The second kappa shape index (κ2) is 9.15. The summed E-state index contributed by atoms with van der Waals surface area (Å²) in [7, 11) is 0. The van der Waals surface area contributed by atoms with Gasteiger partial charge >= 0.3 is 5.97 Å². The molecule has 0 bridgehead atoms. The monoisotopic (exact) mass is 276 g/mol. The zero-order valence-corrected chi connectivity index (χ0v) is 12.3. The predicted molar refractivity (Wildman–Crippen MR) is 78.7 cm³/mol. The molecule has 1 aromatic carbocycles. The fourth-order valence-electron chi connectivity index (χ4n) is 1.67. The van der Waals surface area contributed by atoms with E-state index in [0.29, 0.717) is 13.2 Å². The lowest BCUT2D eigenvalue weighted by atomic mass is 9.96. The first-order valence-corrected chi connectivity index (χ1v) is 6.84. The van der Waals surface area contributed by atoms with Crippen LogP contribution in [0.15, 0.2) is 42.6 Å². The third-order valence-electron chi connectivity index (χ3n) is 2.78. The number of esters is 1. The van der Waals surface area contributed by atoms with Gasteiger partial charge in [-0.05, 0) is 18.4 Å². The molecule has 1 unspecified atom stereocenters. The molecule has 0 fully saturated rings. The molecule has 1 aromatic rings. The smallest absolute Gasteiger partial charge is 0.312 e. The van der Waals surface area contributed by atoms with Crippen molar-refractivity contribution < 1.29 is 14.4 Å². The van der Waals surface area contributed by atoms with E-state index in [1.807, 2.05) is 44.2 Å². The van der Waals surface area contributed by atoms with Gasteiger partial charge in [-0.3, -0.25) is 4.79 Å². The Morgan fingerprint density at radius 1 is 1.30 bits per heavy atom. The fraction of sp³-hybridized carbons (Fsp3) is 0.438. The highest BCUT2D eigenvalue weighted by molar-refractivity contribution is 5.74. The lowest BCUT2D eigenvalue weighted by molar-refractivity contribution is -0.147. The van der Waals surface area contributed by atoms with Gasteiger partial charge in [0.2, 0.25) is 0 Å². The molecule has 0 N–H and O–H groups in total. The zero-order chi connectivity index (χ0) is 14.8. The largest absolute Gasteiger partial charge is 0.568 e. The summed E-state index contributed by atoms with van der Waals surface area (Å²) in [6, 6.07) is 9.78. The Morgan fingerprint density at radius 2 is 2.00 bits per heavy atom. The molecule has 4 nitrogen and oxygen atoms in total. The summed E-state index contributed by atoms with van der Waals surface area (Å²) in [5.74, 6) is -0.356. The van der Waals surface area contributed by atoms with Crippen LogP contribution in [0.3, 0.4) is 0 Å². The molecule has 0 aliphatic carbocycles. The molecule has 0 heterocycles. The summed E-state index contributed by atoms with van der Waals surface area (Å²) in [4.78, 5) is 16.9. The van der Waals surface area contributed by atoms with Crippen molar-refractivity contribution in [2.45, 2.75) is 27.4 Å². The maximum atomic E-state index is 11.7. The summed E-state index contributed by atoms with van der Waals surface area (Å²) in [6.45, 7) is 6.54. The van der Waals surface area contributed by atoms with Crippen molar-refractivity contribution in [3.8, 4) is 0 Å². The van der Waals surface area contributed by atoms with Gasteiger partial charge in [0.05, 0.1) is 19.1 Å². The maximum absolute atomic E-state index is 11.7. The molecule has 0 spiro atoms. The first-order chi connectivity index (χ1) is 9.65. The Labute approximate surface area is 120 Å². The lowest BCUT2D eigenvalue weighted by Crippen LogP contribution is -2.20. The van der Waals surface area contributed by atoms with Crippen molar-refractivity contribution >= 4 is 5.97 Å². The minimum absolute atomic E-state index is 0.162. The molecule has 1 rings (SSSR count). The van der Waals surface area contributed by atoms with Crippen molar-refractivity contribution in [1.29, 1.82) is 0 Å². The fourth-order valence-corrected chi connectivity index (χ4v) is 1.67. The van der Waals surface area contributed by atoms with Crippen LogP contribution in [-0.2, 0) is 21.0 Å². The minimum atomic E-state index is -0.293. The van der Waals surface area contributed by atoms with E-state index in [1.54, 1.807) is 13.0 Å². The van der Waals surface area contributed by atoms with Crippen LogP contribution >= 0.6 is 0 Å². The first kappa shape index (κ1) is 16.2. The average molecular weight is 276 g/mol. The van der Waals surface area contributed by atoms with Gasteiger partial charge in [0.1, 0.15) is 0 Å². The van der Waals surface area contributed by atoms with E-state index in [4.69, 9.17) is 9.57 Å². The number of hydroxylamine groups is 1. The lowest BCUT2D eigenvalue weighted by Gasteiger charge is -2.20. The van der Waals surface area contributed by atoms with E-state index in [2.05, 4.69) is 5.48 Å². The van der Waals surface area contributed by atoms with Gasteiger partial charge in [0, 0.05) is 0 Å². The number of hydrogen-bond donors (Lipinski definition) is 0. The molecule has 0 amide bonds.